The molecule has 0 bridgehead atoms. The fourth-order valence-corrected chi connectivity index (χ4v) is 3.96. The lowest BCUT2D eigenvalue weighted by atomic mass is 9.73. The van der Waals surface area contributed by atoms with Crippen LogP contribution in [0.2, 0.25) is 0 Å². The Hall–Kier alpha value is -1.11. The first kappa shape index (κ1) is 19.2. The van der Waals surface area contributed by atoms with E-state index >= 15 is 0 Å². The van der Waals surface area contributed by atoms with E-state index in [0.29, 0.717) is 6.54 Å². The van der Waals surface area contributed by atoms with Gasteiger partial charge in [-0.2, -0.15) is 5.10 Å². The minimum absolute atomic E-state index is 0. The molecule has 2 heterocycles. The van der Waals surface area contributed by atoms with Gasteiger partial charge in [-0.25, -0.2) is 0 Å². The molecule has 0 aromatic carbocycles. The zero-order valence-corrected chi connectivity index (χ0v) is 15.1. The van der Waals surface area contributed by atoms with Crippen molar-refractivity contribution < 1.29 is 9.90 Å². The SMILES string of the molecule is CC1(CNC(=O)C2(n3cccn3)CCNCC2)CCCCC1O.Cl. The van der Waals surface area contributed by atoms with Gasteiger partial charge in [-0.15, -0.1) is 12.4 Å². The van der Waals surface area contributed by atoms with Gasteiger partial charge >= 0.3 is 0 Å². The number of carbonyl (C=O) groups excluding carboxylic acids is 1. The van der Waals surface area contributed by atoms with Crippen LogP contribution in [-0.4, -0.2) is 46.5 Å². The number of hydrogen-bond acceptors (Lipinski definition) is 4. The predicted octanol–water partition coefficient (Wildman–Crippen LogP) is 1.44. The van der Waals surface area contributed by atoms with Crippen LogP contribution in [0.3, 0.4) is 0 Å². The molecule has 24 heavy (non-hydrogen) atoms. The lowest BCUT2D eigenvalue weighted by Gasteiger charge is -2.41. The number of nitrogens with one attached hydrogen (secondary N) is 2. The number of halogens is 1. The summed E-state index contributed by atoms with van der Waals surface area (Å²) in [6.07, 6.45) is 8.74. The van der Waals surface area contributed by atoms with Crippen LogP contribution in [-0.2, 0) is 10.3 Å². The average molecular weight is 357 g/mol. The van der Waals surface area contributed by atoms with E-state index in [9.17, 15) is 9.90 Å². The van der Waals surface area contributed by atoms with Crippen molar-refractivity contribution in [3.63, 3.8) is 0 Å². The quantitative estimate of drug-likeness (QED) is 0.762. The third-order valence-corrected chi connectivity index (χ3v) is 5.73. The fraction of sp³-hybridized carbons (Fsp3) is 0.765. The zero-order valence-electron chi connectivity index (χ0n) is 14.3. The highest BCUT2D eigenvalue weighted by atomic mass is 35.5. The number of rotatable bonds is 4. The molecule has 3 rings (SSSR count). The molecule has 0 spiro atoms. The summed E-state index contributed by atoms with van der Waals surface area (Å²) >= 11 is 0. The van der Waals surface area contributed by atoms with Crippen LogP contribution in [0.25, 0.3) is 0 Å². The van der Waals surface area contributed by atoms with Gasteiger partial charge in [-0.1, -0.05) is 19.8 Å². The van der Waals surface area contributed by atoms with Crippen molar-refractivity contribution >= 4 is 18.3 Å². The Morgan fingerprint density at radius 1 is 1.38 bits per heavy atom. The second-order valence-electron chi connectivity index (χ2n) is 7.33. The van der Waals surface area contributed by atoms with Crippen LogP contribution in [0.1, 0.15) is 45.4 Å². The Labute approximate surface area is 149 Å². The highest BCUT2D eigenvalue weighted by Gasteiger charge is 2.43. The first-order valence-corrected chi connectivity index (χ1v) is 8.74. The van der Waals surface area contributed by atoms with E-state index in [2.05, 4.69) is 22.7 Å². The van der Waals surface area contributed by atoms with E-state index in [0.717, 1.165) is 51.6 Å². The lowest BCUT2D eigenvalue weighted by molar-refractivity contribution is -0.133. The number of amides is 1. The van der Waals surface area contributed by atoms with Crippen molar-refractivity contribution in [3.8, 4) is 0 Å². The number of hydrogen-bond donors (Lipinski definition) is 3. The van der Waals surface area contributed by atoms with E-state index in [-0.39, 0.29) is 29.8 Å². The molecule has 1 aromatic heterocycles. The maximum absolute atomic E-state index is 13.0. The standard InChI is InChI=1S/C17H28N4O2.ClH/c1-16(6-3-2-5-14(16)22)13-19-15(23)17(7-10-18-11-8-17)21-12-4-9-20-21;/h4,9,12,14,18,22H,2-3,5-8,10-11,13H2,1H3,(H,19,23);1H. The van der Waals surface area contributed by atoms with Gasteiger partial charge in [0.15, 0.2) is 0 Å². The van der Waals surface area contributed by atoms with Gasteiger partial charge in [0.25, 0.3) is 0 Å². The van der Waals surface area contributed by atoms with Crippen molar-refractivity contribution in [1.29, 1.82) is 0 Å². The number of piperidine rings is 1. The van der Waals surface area contributed by atoms with Crippen LogP contribution in [0.5, 0.6) is 0 Å². The second-order valence-corrected chi connectivity index (χ2v) is 7.33. The topological polar surface area (TPSA) is 79.2 Å². The van der Waals surface area contributed by atoms with Crippen LogP contribution >= 0.6 is 12.4 Å². The van der Waals surface area contributed by atoms with Gasteiger partial charge in [0, 0.05) is 24.4 Å². The van der Waals surface area contributed by atoms with Gasteiger partial charge in [0.05, 0.1) is 6.10 Å². The number of nitrogens with zero attached hydrogens (tertiary/aromatic N) is 2. The van der Waals surface area contributed by atoms with Gasteiger partial charge < -0.3 is 15.7 Å². The van der Waals surface area contributed by atoms with Gasteiger partial charge in [-0.05, 0) is 44.8 Å². The normalized spacial score (nSPS) is 29.5. The smallest absolute Gasteiger partial charge is 0.248 e. The molecule has 1 aliphatic carbocycles. The Morgan fingerprint density at radius 2 is 2.12 bits per heavy atom. The van der Waals surface area contributed by atoms with Gasteiger partial charge in [-0.3, -0.25) is 9.48 Å². The summed E-state index contributed by atoms with van der Waals surface area (Å²) in [7, 11) is 0. The summed E-state index contributed by atoms with van der Waals surface area (Å²) in [5.41, 5.74) is -0.823. The Morgan fingerprint density at radius 3 is 2.75 bits per heavy atom. The second kappa shape index (κ2) is 7.85. The summed E-state index contributed by atoms with van der Waals surface area (Å²) in [6.45, 7) is 4.24. The molecule has 1 saturated carbocycles. The average Bonchev–Trinajstić information content (AvgIpc) is 3.11. The largest absolute Gasteiger partial charge is 0.392 e. The highest BCUT2D eigenvalue weighted by molar-refractivity contribution is 5.85. The minimum Gasteiger partial charge on any atom is -0.392 e. The van der Waals surface area contributed by atoms with Crippen molar-refractivity contribution in [2.24, 2.45) is 5.41 Å². The zero-order chi connectivity index (χ0) is 16.3. The Balaban J connectivity index is 0.00000208. The number of aliphatic hydroxyl groups is 1. The summed E-state index contributed by atoms with van der Waals surface area (Å²) < 4.78 is 1.81. The molecule has 1 aromatic rings. The van der Waals surface area contributed by atoms with Crippen molar-refractivity contribution in [3.05, 3.63) is 18.5 Å². The van der Waals surface area contributed by atoms with Crippen LogP contribution < -0.4 is 10.6 Å². The summed E-state index contributed by atoms with van der Waals surface area (Å²) in [5, 5.41) is 21.1. The Bertz CT molecular complexity index is 531. The van der Waals surface area contributed by atoms with E-state index in [1.165, 1.54) is 0 Å². The summed E-state index contributed by atoms with van der Waals surface area (Å²) in [4.78, 5) is 13.0. The molecule has 2 unspecified atom stereocenters. The van der Waals surface area contributed by atoms with Crippen molar-refractivity contribution in [1.82, 2.24) is 20.4 Å². The maximum atomic E-state index is 13.0. The number of carbonyl (C=O) groups is 1. The third-order valence-electron chi connectivity index (χ3n) is 5.73. The summed E-state index contributed by atoms with van der Waals surface area (Å²) in [5.74, 6) is 0.0294. The molecule has 2 fully saturated rings. The molecule has 1 aliphatic heterocycles. The maximum Gasteiger partial charge on any atom is 0.248 e. The lowest BCUT2D eigenvalue weighted by Crippen LogP contribution is -2.56. The number of aromatic nitrogens is 2. The molecule has 2 aliphatic rings. The third kappa shape index (κ3) is 3.60. The minimum atomic E-state index is -0.606. The van der Waals surface area contributed by atoms with Crippen LogP contribution in [0.15, 0.2) is 18.5 Å². The Kier molecular flexibility index (Phi) is 6.28. The molecule has 1 saturated heterocycles. The molecule has 6 nitrogen and oxygen atoms in total. The van der Waals surface area contributed by atoms with E-state index in [1.54, 1.807) is 6.20 Å². The van der Waals surface area contributed by atoms with Crippen LogP contribution in [0, 0.1) is 5.41 Å². The van der Waals surface area contributed by atoms with Gasteiger partial charge in [0.1, 0.15) is 5.54 Å². The molecule has 2 atom stereocenters. The first-order chi connectivity index (χ1) is 11.1. The van der Waals surface area contributed by atoms with E-state index in [4.69, 9.17) is 0 Å². The van der Waals surface area contributed by atoms with Crippen molar-refractivity contribution in [2.75, 3.05) is 19.6 Å². The molecular formula is C17H29ClN4O2. The van der Waals surface area contributed by atoms with Crippen molar-refractivity contribution in [2.45, 2.75) is 57.1 Å². The van der Waals surface area contributed by atoms with E-state index in [1.807, 2.05) is 16.9 Å². The molecular weight excluding hydrogens is 328 g/mol. The summed E-state index contributed by atoms with van der Waals surface area (Å²) in [6, 6.07) is 1.86. The monoisotopic (exact) mass is 356 g/mol. The molecule has 0 radical (unpaired) electrons. The molecule has 7 heteroatoms. The predicted molar refractivity (Wildman–Crippen MR) is 95.1 cm³/mol. The van der Waals surface area contributed by atoms with Gasteiger partial charge in [0.2, 0.25) is 5.91 Å². The van der Waals surface area contributed by atoms with E-state index < -0.39 is 5.54 Å². The number of aliphatic hydroxyl groups excluding tert-OH is 1. The molecule has 1 amide bonds. The highest BCUT2D eigenvalue weighted by Crippen LogP contribution is 2.36. The van der Waals surface area contributed by atoms with Crippen LogP contribution in [0.4, 0.5) is 0 Å². The first-order valence-electron chi connectivity index (χ1n) is 8.74. The molecule has 136 valence electrons. The molecule has 3 N–H and O–H groups in total. The fourth-order valence-electron chi connectivity index (χ4n) is 3.96.